The Hall–Kier alpha value is -0.910. The van der Waals surface area contributed by atoms with Crippen molar-refractivity contribution in [1.82, 2.24) is 9.80 Å². The average Bonchev–Trinajstić information content (AvgIpc) is 2.94. The molecular weight excluding hydrogens is 276 g/mol. The van der Waals surface area contributed by atoms with Crippen LogP contribution in [0.1, 0.15) is 39.0 Å². The highest BCUT2D eigenvalue weighted by atomic mass is 32.2. The fourth-order valence-corrected chi connectivity index (χ4v) is 3.16. The fraction of sp³-hybridized carbons (Fsp3) is 0.857. The standard InChI is InChI=1S/C14H26N2O3S/c1-11(8-9-20-3)15(2)14(19)16(10-13(17)18)12-6-4-5-7-12/h11-12H,4-10H2,1-3H3,(H,17,18). The zero-order chi connectivity index (χ0) is 15.1. The predicted octanol–water partition coefficient (Wildman–Crippen LogP) is 2.51. The van der Waals surface area contributed by atoms with Gasteiger partial charge in [0.05, 0.1) is 0 Å². The van der Waals surface area contributed by atoms with Gasteiger partial charge in [0.15, 0.2) is 0 Å². The van der Waals surface area contributed by atoms with Crippen LogP contribution in [0.4, 0.5) is 4.79 Å². The lowest BCUT2D eigenvalue weighted by Gasteiger charge is -2.34. The van der Waals surface area contributed by atoms with E-state index in [0.717, 1.165) is 37.9 Å². The van der Waals surface area contributed by atoms with Gasteiger partial charge in [-0.2, -0.15) is 11.8 Å². The molecule has 20 heavy (non-hydrogen) atoms. The van der Waals surface area contributed by atoms with E-state index in [1.165, 1.54) is 0 Å². The molecule has 5 nitrogen and oxygen atoms in total. The molecule has 1 aliphatic carbocycles. The number of hydrogen-bond acceptors (Lipinski definition) is 3. The van der Waals surface area contributed by atoms with E-state index in [0.29, 0.717) is 0 Å². The fourth-order valence-electron chi connectivity index (χ4n) is 2.59. The number of carbonyl (C=O) groups is 2. The molecule has 0 saturated heterocycles. The molecular formula is C14H26N2O3S. The van der Waals surface area contributed by atoms with Crippen LogP contribution < -0.4 is 0 Å². The maximum atomic E-state index is 12.6. The molecule has 116 valence electrons. The number of aliphatic carboxylic acids is 1. The number of urea groups is 1. The van der Waals surface area contributed by atoms with Crippen LogP contribution in [0.3, 0.4) is 0 Å². The Morgan fingerprint density at radius 1 is 1.35 bits per heavy atom. The summed E-state index contributed by atoms with van der Waals surface area (Å²) in [6.45, 7) is 1.82. The summed E-state index contributed by atoms with van der Waals surface area (Å²) in [4.78, 5) is 26.8. The predicted molar refractivity (Wildman–Crippen MR) is 82.2 cm³/mol. The van der Waals surface area contributed by atoms with Gasteiger partial charge in [-0.1, -0.05) is 12.8 Å². The Morgan fingerprint density at radius 3 is 2.45 bits per heavy atom. The van der Waals surface area contributed by atoms with Crippen molar-refractivity contribution < 1.29 is 14.7 Å². The molecule has 0 radical (unpaired) electrons. The van der Waals surface area contributed by atoms with Crippen LogP contribution in [0, 0.1) is 0 Å². The van der Waals surface area contributed by atoms with Crippen molar-refractivity contribution in [2.75, 3.05) is 25.6 Å². The van der Waals surface area contributed by atoms with E-state index >= 15 is 0 Å². The minimum atomic E-state index is -0.935. The Labute approximate surface area is 125 Å². The first-order chi connectivity index (χ1) is 9.47. The molecule has 1 fully saturated rings. The summed E-state index contributed by atoms with van der Waals surface area (Å²) in [5.74, 6) is 0.0663. The van der Waals surface area contributed by atoms with Crippen LogP contribution in [-0.2, 0) is 4.79 Å². The summed E-state index contributed by atoms with van der Waals surface area (Å²) in [5.41, 5.74) is 0. The van der Waals surface area contributed by atoms with Gasteiger partial charge in [-0.15, -0.1) is 0 Å². The Morgan fingerprint density at radius 2 is 1.95 bits per heavy atom. The van der Waals surface area contributed by atoms with Gasteiger partial charge in [0.25, 0.3) is 0 Å². The second kappa shape index (κ2) is 8.39. The molecule has 1 N–H and O–H groups in total. The third kappa shape index (κ3) is 4.89. The van der Waals surface area contributed by atoms with Crippen molar-refractivity contribution in [2.24, 2.45) is 0 Å². The van der Waals surface area contributed by atoms with Gasteiger partial charge in [-0.3, -0.25) is 4.79 Å². The van der Waals surface area contributed by atoms with E-state index in [1.807, 2.05) is 13.2 Å². The minimum Gasteiger partial charge on any atom is -0.480 e. The summed E-state index contributed by atoms with van der Waals surface area (Å²) < 4.78 is 0. The smallest absolute Gasteiger partial charge is 0.323 e. The van der Waals surface area contributed by atoms with Crippen LogP contribution in [0.2, 0.25) is 0 Å². The zero-order valence-corrected chi connectivity index (χ0v) is 13.5. The molecule has 6 heteroatoms. The third-order valence-electron chi connectivity index (χ3n) is 4.02. The number of carboxylic acids is 1. The van der Waals surface area contributed by atoms with Crippen LogP contribution in [-0.4, -0.2) is 64.6 Å². The maximum Gasteiger partial charge on any atom is 0.323 e. The molecule has 1 atom stereocenters. The molecule has 0 spiro atoms. The molecule has 1 aliphatic rings. The second-order valence-electron chi connectivity index (χ2n) is 5.48. The van der Waals surface area contributed by atoms with Gasteiger partial charge in [0.2, 0.25) is 0 Å². The first-order valence-corrected chi connectivity index (χ1v) is 8.61. The summed E-state index contributed by atoms with van der Waals surface area (Å²) in [7, 11) is 1.77. The van der Waals surface area contributed by atoms with Crippen molar-refractivity contribution in [3.8, 4) is 0 Å². The first-order valence-electron chi connectivity index (χ1n) is 7.21. The van der Waals surface area contributed by atoms with Crippen LogP contribution in [0.5, 0.6) is 0 Å². The van der Waals surface area contributed by atoms with Crippen molar-refractivity contribution in [2.45, 2.75) is 51.1 Å². The Bertz CT molecular complexity index is 332. The van der Waals surface area contributed by atoms with Crippen LogP contribution >= 0.6 is 11.8 Å². The van der Waals surface area contributed by atoms with Gasteiger partial charge in [-0.25, -0.2) is 4.79 Å². The monoisotopic (exact) mass is 302 g/mol. The van der Waals surface area contributed by atoms with Crippen molar-refractivity contribution in [3.63, 3.8) is 0 Å². The van der Waals surface area contributed by atoms with Crippen molar-refractivity contribution in [3.05, 3.63) is 0 Å². The molecule has 0 aromatic rings. The maximum absolute atomic E-state index is 12.6. The molecule has 0 bridgehead atoms. The molecule has 0 aromatic heterocycles. The molecule has 0 aliphatic heterocycles. The van der Waals surface area contributed by atoms with Gasteiger partial charge >= 0.3 is 12.0 Å². The second-order valence-corrected chi connectivity index (χ2v) is 6.47. The SMILES string of the molecule is CSCCC(C)N(C)C(=O)N(CC(=O)O)C1CCCC1. The van der Waals surface area contributed by atoms with Gasteiger partial charge in [-0.05, 0) is 38.2 Å². The Kier molecular flexibility index (Phi) is 7.19. The number of thioether (sulfide) groups is 1. The van der Waals surface area contributed by atoms with Crippen LogP contribution in [0.15, 0.2) is 0 Å². The number of carbonyl (C=O) groups excluding carboxylic acids is 1. The zero-order valence-electron chi connectivity index (χ0n) is 12.7. The Balaban J connectivity index is 2.68. The molecule has 2 amide bonds. The lowest BCUT2D eigenvalue weighted by Crippen LogP contribution is -2.50. The number of carboxylic acid groups (broad SMARTS) is 1. The molecule has 0 aromatic carbocycles. The molecule has 0 heterocycles. The van der Waals surface area contributed by atoms with Gasteiger partial charge in [0, 0.05) is 19.1 Å². The largest absolute Gasteiger partial charge is 0.480 e. The number of rotatable bonds is 7. The topological polar surface area (TPSA) is 60.9 Å². The van der Waals surface area contributed by atoms with E-state index in [2.05, 4.69) is 0 Å². The molecule has 1 unspecified atom stereocenters. The summed E-state index contributed by atoms with van der Waals surface area (Å²) in [6, 6.07) is 0.0781. The summed E-state index contributed by atoms with van der Waals surface area (Å²) >= 11 is 1.76. The highest BCUT2D eigenvalue weighted by Gasteiger charge is 2.31. The normalized spacial score (nSPS) is 16.9. The summed E-state index contributed by atoms with van der Waals surface area (Å²) in [5, 5.41) is 9.04. The average molecular weight is 302 g/mol. The van der Waals surface area contributed by atoms with Crippen molar-refractivity contribution in [1.29, 1.82) is 0 Å². The quantitative estimate of drug-likeness (QED) is 0.785. The van der Waals surface area contributed by atoms with E-state index in [1.54, 1.807) is 28.6 Å². The third-order valence-corrected chi connectivity index (χ3v) is 4.66. The van der Waals surface area contributed by atoms with Gasteiger partial charge in [0.1, 0.15) is 6.54 Å². The minimum absolute atomic E-state index is 0.0915. The lowest BCUT2D eigenvalue weighted by atomic mass is 10.2. The first kappa shape index (κ1) is 17.1. The van der Waals surface area contributed by atoms with Gasteiger partial charge < -0.3 is 14.9 Å². The van der Waals surface area contributed by atoms with E-state index < -0.39 is 5.97 Å². The summed E-state index contributed by atoms with van der Waals surface area (Å²) in [6.07, 6.45) is 6.98. The van der Waals surface area contributed by atoms with Crippen LogP contribution in [0.25, 0.3) is 0 Å². The lowest BCUT2D eigenvalue weighted by molar-refractivity contribution is -0.138. The number of amides is 2. The number of hydrogen-bond donors (Lipinski definition) is 1. The van der Waals surface area contributed by atoms with E-state index in [4.69, 9.17) is 5.11 Å². The van der Waals surface area contributed by atoms with Crippen molar-refractivity contribution >= 4 is 23.8 Å². The highest BCUT2D eigenvalue weighted by molar-refractivity contribution is 7.98. The number of nitrogens with zero attached hydrogens (tertiary/aromatic N) is 2. The van der Waals surface area contributed by atoms with E-state index in [-0.39, 0.29) is 24.7 Å². The van der Waals surface area contributed by atoms with E-state index in [9.17, 15) is 9.59 Å². The molecule has 1 saturated carbocycles. The molecule has 1 rings (SSSR count). The highest BCUT2D eigenvalue weighted by Crippen LogP contribution is 2.24.